The Bertz CT molecular complexity index is 4370. The summed E-state index contributed by atoms with van der Waals surface area (Å²) in [6.07, 6.45) is 7.95. The summed E-state index contributed by atoms with van der Waals surface area (Å²) in [7, 11) is 0. The van der Waals surface area contributed by atoms with E-state index in [1.54, 1.807) is 0 Å². The number of fused-ring (bicyclic) bond motifs is 16. The SMILES string of the molecule is C1=CC(n2c3ccccc3c3c4c(ccc32)Sc2c(ccc3c2c2ccccc2n3-c2cccc(-c3cc5ccccc5c5ccccc35)c2)S4)CC(c2cc3ccccc3c3ccccc23)=C1. The lowest BCUT2D eigenvalue weighted by molar-refractivity contribution is 0.656. The number of hydrogen-bond donors (Lipinski definition) is 0. The first-order chi connectivity index (χ1) is 33.7. The van der Waals surface area contributed by atoms with E-state index in [2.05, 4.69) is 234 Å². The summed E-state index contributed by atoms with van der Waals surface area (Å²) in [5.41, 5.74) is 11.4. The highest BCUT2D eigenvalue weighted by Gasteiger charge is 2.29. The molecule has 0 spiro atoms. The Morgan fingerprint density at radius 2 is 0.926 bits per heavy atom. The van der Waals surface area contributed by atoms with E-state index >= 15 is 0 Å². The second kappa shape index (κ2) is 14.9. The summed E-state index contributed by atoms with van der Waals surface area (Å²) in [6, 6.07) is 77.0. The van der Waals surface area contributed by atoms with Gasteiger partial charge in [0.2, 0.25) is 0 Å². The van der Waals surface area contributed by atoms with Crippen molar-refractivity contribution in [3.8, 4) is 16.8 Å². The topological polar surface area (TPSA) is 9.86 Å². The average Bonchev–Trinajstić information content (AvgIpc) is 3.94. The van der Waals surface area contributed by atoms with Crippen molar-refractivity contribution in [1.82, 2.24) is 9.13 Å². The number of aromatic nitrogens is 2. The van der Waals surface area contributed by atoms with E-state index in [1.165, 1.54) is 129 Å². The Kier molecular flexibility index (Phi) is 8.39. The fraction of sp³-hybridized carbons (Fsp3) is 0.0312. The molecule has 1 unspecified atom stereocenters. The molecule has 2 nitrogen and oxygen atoms in total. The maximum Gasteiger partial charge on any atom is 0.0566 e. The van der Waals surface area contributed by atoms with Gasteiger partial charge in [0.15, 0.2) is 0 Å². The van der Waals surface area contributed by atoms with Crippen molar-refractivity contribution in [3.63, 3.8) is 0 Å². The van der Waals surface area contributed by atoms with E-state index < -0.39 is 0 Å². The zero-order chi connectivity index (χ0) is 44.5. The van der Waals surface area contributed by atoms with Crippen LogP contribution in [-0.4, -0.2) is 9.13 Å². The summed E-state index contributed by atoms with van der Waals surface area (Å²) >= 11 is 3.88. The van der Waals surface area contributed by atoms with Crippen LogP contribution < -0.4 is 0 Å². The van der Waals surface area contributed by atoms with E-state index in [1.807, 2.05) is 23.5 Å². The molecule has 318 valence electrons. The van der Waals surface area contributed by atoms with Gasteiger partial charge in [0.25, 0.3) is 0 Å². The summed E-state index contributed by atoms with van der Waals surface area (Å²) in [5, 5.41) is 15.6. The molecule has 0 amide bonds. The number of hydrogen-bond acceptors (Lipinski definition) is 2. The van der Waals surface area contributed by atoms with Crippen LogP contribution in [0.1, 0.15) is 18.0 Å². The molecule has 15 rings (SSSR count). The van der Waals surface area contributed by atoms with E-state index in [9.17, 15) is 0 Å². The van der Waals surface area contributed by atoms with Crippen LogP contribution in [0.25, 0.3) is 109 Å². The Morgan fingerprint density at radius 3 is 1.62 bits per heavy atom. The van der Waals surface area contributed by atoms with E-state index in [4.69, 9.17) is 0 Å². The van der Waals surface area contributed by atoms with Gasteiger partial charge in [-0.25, -0.2) is 0 Å². The van der Waals surface area contributed by atoms with Crippen LogP contribution >= 0.6 is 23.5 Å². The van der Waals surface area contributed by atoms with Crippen LogP contribution in [-0.2, 0) is 0 Å². The molecule has 1 atom stereocenters. The summed E-state index contributed by atoms with van der Waals surface area (Å²) in [4.78, 5) is 5.31. The van der Waals surface area contributed by atoms with E-state index in [0.717, 1.165) is 12.1 Å². The molecule has 0 saturated carbocycles. The van der Waals surface area contributed by atoms with E-state index in [-0.39, 0.29) is 6.04 Å². The largest absolute Gasteiger partial charge is 0.333 e. The third-order valence-corrected chi connectivity index (χ3v) is 17.3. The van der Waals surface area contributed by atoms with Crippen molar-refractivity contribution in [1.29, 1.82) is 0 Å². The number of benzene rings is 11. The van der Waals surface area contributed by atoms with Gasteiger partial charge in [-0.2, -0.15) is 0 Å². The Morgan fingerprint density at radius 1 is 0.397 bits per heavy atom. The van der Waals surface area contributed by atoms with Crippen LogP contribution in [0.3, 0.4) is 0 Å². The van der Waals surface area contributed by atoms with Gasteiger partial charge in [-0.3, -0.25) is 0 Å². The Hall–Kier alpha value is -7.76. The van der Waals surface area contributed by atoms with Gasteiger partial charge in [-0.15, -0.1) is 0 Å². The molecule has 13 aromatic rings. The summed E-state index contributed by atoms with van der Waals surface area (Å²) in [6.45, 7) is 0. The van der Waals surface area contributed by atoms with Gasteiger partial charge in [0, 0.05) is 52.3 Å². The molecular weight excluding hydrogens is 861 g/mol. The van der Waals surface area contributed by atoms with Crippen LogP contribution in [0.2, 0.25) is 0 Å². The quantitative estimate of drug-likeness (QED) is 0.163. The van der Waals surface area contributed by atoms with Crippen molar-refractivity contribution >= 4 is 116 Å². The first-order valence-corrected chi connectivity index (χ1v) is 25.1. The molecule has 0 saturated heterocycles. The molecule has 1 aliphatic carbocycles. The number of para-hydroxylation sites is 2. The van der Waals surface area contributed by atoms with Crippen LogP contribution in [0.4, 0.5) is 0 Å². The lowest BCUT2D eigenvalue weighted by atomic mass is 9.88. The van der Waals surface area contributed by atoms with Crippen molar-refractivity contribution in [2.45, 2.75) is 32.0 Å². The minimum absolute atomic E-state index is 0.165. The molecule has 68 heavy (non-hydrogen) atoms. The van der Waals surface area contributed by atoms with Crippen molar-refractivity contribution in [2.24, 2.45) is 0 Å². The molecule has 1 aliphatic heterocycles. The highest BCUT2D eigenvalue weighted by Crippen LogP contribution is 2.56. The van der Waals surface area contributed by atoms with Crippen molar-refractivity contribution in [2.75, 3.05) is 0 Å². The number of rotatable bonds is 4. The monoisotopic (exact) mass is 900 g/mol. The molecular formula is C64H40N2S2. The zero-order valence-electron chi connectivity index (χ0n) is 36.9. The maximum absolute atomic E-state index is 2.62. The molecule has 3 heterocycles. The van der Waals surface area contributed by atoms with Crippen LogP contribution in [0, 0.1) is 0 Å². The predicted molar refractivity (Wildman–Crippen MR) is 291 cm³/mol. The Balaban J connectivity index is 0.844. The Labute approximate surface area is 401 Å². The second-order valence-corrected chi connectivity index (χ2v) is 20.4. The first-order valence-electron chi connectivity index (χ1n) is 23.5. The van der Waals surface area contributed by atoms with Gasteiger partial charge in [0.05, 0.1) is 22.6 Å². The molecule has 2 aromatic heterocycles. The van der Waals surface area contributed by atoms with Gasteiger partial charge in [0.1, 0.15) is 0 Å². The normalized spacial score (nSPS) is 14.8. The molecule has 0 N–H and O–H groups in total. The number of nitrogens with zero attached hydrogens (tertiary/aromatic N) is 2. The molecule has 0 fully saturated rings. The second-order valence-electron chi connectivity index (χ2n) is 18.3. The molecule has 0 radical (unpaired) electrons. The van der Waals surface area contributed by atoms with Gasteiger partial charge >= 0.3 is 0 Å². The van der Waals surface area contributed by atoms with Gasteiger partial charge in [-0.1, -0.05) is 187 Å². The predicted octanol–water partition coefficient (Wildman–Crippen LogP) is 18.4. The highest BCUT2D eigenvalue weighted by molar-refractivity contribution is 8.05. The molecule has 11 aromatic carbocycles. The first kappa shape index (κ1) is 38.4. The molecule has 4 heteroatoms. The third-order valence-electron chi connectivity index (χ3n) is 14.7. The minimum atomic E-state index is 0.165. The zero-order valence-corrected chi connectivity index (χ0v) is 38.5. The standard InChI is InChI=1S/C64H40N2S2/c1-3-21-45-41(15-1)37-53(49-25-7-5-23-47(45)49)39-17-13-19-43(35-39)65-55-29-11-9-27-51(55)61-57(65)31-33-59-63(61)67-60-34-32-58-62(64(60)68-59)52-28-10-12-30-56(52)66(58)44-20-14-18-40(36-44)54-38-42-16-2-4-22-46(42)48-24-6-8-26-50(48)54/h1-35,37-38,44H,36H2. The molecule has 0 bridgehead atoms. The highest BCUT2D eigenvalue weighted by atomic mass is 32.2. The fourth-order valence-corrected chi connectivity index (χ4v) is 14.3. The summed E-state index contributed by atoms with van der Waals surface area (Å²) in [5.74, 6) is 0. The van der Waals surface area contributed by atoms with Gasteiger partial charge in [-0.05, 0) is 132 Å². The average molecular weight is 901 g/mol. The van der Waals surface area contributed by atoms with Gasteiger partial charge < -0.3 is 9.13 Å². The van der Waals surface area contributed by atoms with Crippen LogP contribution in [0.15, 0.2) is 244 Å². The minimum Gasteiger partial charge on any atom is -0.333 e. The van der Waals surface area contributed by atoms with Crippen molar-refractivity contribution in [3.05, 3.63) is 230 Å². The van der Waals surface area contributed by atoms with Crippen LogP contribution in [0.5, 0.6) is 0 Å². The summed E-state index contributed by atoms with van der Waals surface area (Å²) < 4.78 is 5.10. The fourth-order valence-electron chi connectivity index (χ4n) is 11.7. The van der Waals surface area contributed by atoms with Crippen molar-refractivity contribution < 1.29 is 0 Å². The third kappa shape index (κ3) is 5.62. The lowest BCUT2D eigenvalue weighted by Crippen LogP contribution is -2.09. The van der Waals surface area contributed by atoms with E-state index in [0.29, 0.717) is 0 Å². The lowest BCUT2D eigenvalue weighted by Gasteiger charge is -2.24. The maximum atomic E-state index is 2.62. The molecule has 2 aliphatic rings. The smallest absolute Gasteiger partial charge is 0.0566 e. The number of allylic oxidation sites excluding steroid dienone is 4.